The van der Waals surface area contributed by atoms with Crippen LogP contribution in [0.25, 0.3) is 0 Å². The van der Waals surface area contributed by atoms with Crippen LogP contribution < -0.4 is 4.90 Å². The van der Waals surface area contributed by atoms with Gasteiger partial charge in [-0.15, -0.1) is 0 Å². The van der Waals surface area contributed by atoms with Crippen LogP contribution in [0.2, 0.25) is 0 Å². The summed E-state index contributed by atoms with van der Waals surface area (Å²) in [6.07, 6.45) is 1.58. The van der Waals surface area contributed by atoms with Crippen LogP contribution in [0.1, 0.15) is 25.2 Å². The van der Waals surface area contributed by atoms with Crippen molar-refractivity contribution in [2.24, 2.45) is 0 Å². The third kappa shape index (κ3) is 1.99. The Hall–Kier alpha value is -1.63. The molecule has 1 aromatic heterocycles. The number of hydrogen-bond acceptors (Lipinski definition) is 4. The molecule has 4 heteroatoms. The van der Waals surface area contributed by atoms with Gasteiger partial charge in [-0.1, -0.05) is 0 Å². The van der Waals surface area contributed by atoms with Crippen LogP contribution in [0.5, 0.6) is 0 Å². The third-order valence-corrected chi connectivity index (χ3v) is 2.07. The summed E-state index contributed by atoms with van der Waals surface area (Å²) in [6, 6.07) is 2.11. The van der Waals surface area contributed by atoms with Gasteiger partial charge in [0.2, 0.25) is 0 Å². The van der Waals surface area contributed by atoms with Crippen molar-refractivity contribution >= 4 is 5.82 Å². The highest BCUT2D eigenvalue weighted by molar-refractivity contribution is 5.52. The van der Waals surface area contributed by atoms with Gasteiger partial charge in [0.1, 0.15) is 23.3 Å². The molecule has 0 amide bonds. The molecule has 0 aromatic carbocycles. The number of aromatic nitrogens is 2. The van der Waals surface area contributed by atoms with E-state index in [-0.39, 0.29) is 0 Å². The molecular formula is C10H14N4. The summed E-state index contributed by atoms with van der Waals surface area (Å²) in [5, 5.41) is 8.89. The topological polar surface area (TPSA) is 52.8 Å². The standard InChI is InChI=1S/C10H14N4/c1-4-14(5-2)10-9(6-11)7-12-8(3)13-10/h7H,4-5H2,1-3H3. The molecule has 0 aliphatic carbocycles. The van der Waals surface area contributed by atoms with Gasteiger partial charge in [-0.3, -0.25) is 0 Å². The van der Waals surface area contributed by atoms with Crippen LogP contribution >= 0.6 is 0 Å². The summed E-state index contributed by atoms with van der Waals surface area (Å²) in [7, 11) is 0. The van der Waals surface area contributed by atoms with E-state index in [0.717, 1.165) is 18.9 Å². The molecule has 74 valence electrons. The van der Waals surface area contributed by atoms with Gasteiger partial charge in [-0.25, -0.2) is 9.97 Å². The van der Waals surface area contributed by atoms with Crippen molar-refractivity contribution in [1.29, 1.82) is 5.26 Å². The lowest BCUT2D eigenvalue weighted by molar-refractivity contribution is 0.831. The zero-order valence-corrected chi connectivity index (χ0v) is 8.78. The molecule has 0 spiro atoms. The summed E-state index contributed by atoms with van der Waals surface area (Å²) < 4.78 is 0. The molecule has 0 saturated carbocycles. The Morgan fingerprint density at radius 2 is 2.07 bits per heavy atom. The van der Waals surface area contributed by atoms with Crippen molar-refractivity contribution < 1.29 is 0 Å². The van der Waals surface area contributed by atoms with E-state index in [4.69, 9.17) is 5.26 Å². The molecule has 4 nitrogen and oxygen atoms in total. The average molecular weight is 190 g/mol. The van der Waals surface area contributed by atoms with Gasteiger partial charge in [0.25, 0.3) is 0 Å². The quantitative estimate of drug-likeness (QED) is 0.724. The highest BCUT2D eigenvalue weighted by atomic mass is 15.2. The molecule has 1 rings (SSSR count). The minimum absolute atomic E-state index is 0.541. The minimum Gasteiger partial charge on any atom is -0.356 e. The Kier molecular flexibility index (Phi) is 3.41. The van der Waals surface area contributed by atoms with E-state index in [1.165, 1.54) is 0 Å². The highest BCUT2D eigenvalue weighted by Gasteiger charge is 2.10. The largest absolute Gasteiger partial charge is 0.356 e. The first-order valence-electron chi connectivity index (χ1n) is 4.71. The predicted molar refractivity (Wildman–Crippen MR) is 55.0 cm³/mol. The van der Waals surface area contributed by atoms with Crippen LogP contribution in [0, 0.1) is 18.3 Å². The van der Waals surface area contributed by atoms with Crippen molar-refractivity contribution in [1.82, 2.24) is 9.97 Å². The van der Waals surface area contributed by atoms with Crippen molar-refractivity contribution in [3.05, 3.63) is 17.6 Å². The average Bonchev–Trinajstić information content (AvgIpc) is 2.20. The fourth-order valence-electron chi connectivity index (χ4n) is 1.30. The molecule has 1 heterocycles. The molecule has 0 aliphatic heterocycles. The number of hydrogen-bond donors (Lipinski definition) is 0. The Labute approximate surface area is 84.2 Å². The number of anilines is 1. The van der Waals surface area contributed by atoms with E-state index >= 15 is 0 Å². The monoisotopic (exact) mass is 190 g/mol. The smallest absolute Gasteiger partial charge is 0.150 e. The van der Waals surface area contributed by atoms with Gasteiger partial charge >= 0.3 is 0 Å². The molecule has 0 fully saturated rings. The number of aryl methyl sites for hydroxylation is 1. The summed E-state index contributed by atoms with van der Waals surface area (Å²) in [5.41, 5.74) is 0.541. The predicted octanol–water partition coefficient (Wildman–Crippen LogP) is 1.50. The lowest BCUT2D eigenvalue weighted by Crippen LogP contribution is -2.24. The fourth-order valence-corrected chi connectivity index (χ4v) is 1.30. The van der Waals surface area contributed by atoms with E-state index < -0.39 is 0 Å². The molecule has 0 atom stereocenters. The zero-order valence-electron chi connectivity index (χ0n) is 8.78. The van der Waals surface area contributed by atoms with E-state index in [1.807, 2.05) is 25.7 Å². The normalized spacial score (nSPS) is 9.57. The van der Waals surface area contributed by atoms with Gasteiger partial charge in [0.15, 0.2) is 0 Å². The zero-order chi connectivity index (χ0) is 10.6. The lowest BCUT2D eigenvalue weighted by Gasteiger charge is -2.20. The fraction of sp³-hybridized carbons (Fsp3) is 0.500. The summed E-state index contributed by atoms with van der Waals surface area (Å²) in [6.45, 7) is 7.61. The van der Waals surface area contributed by atoms with Crippen LogP contribution in [-0.2, 0) is 0 Å². The molecule has 0 saturated heterocycles. The first-order valence-corrected chi connectivity index (χ1v) is 4.71. The molecule has 0 aliphatic rings. The summed E-state index contributed by atoms with van der Waals surface area (Å²) >= 11 is 0. The van der Waals surface area contributed by atoms with Crippen molar-refractivity contribution in [2.45, 2.75) is 20.8 Å². The SMILES string of the molecule is CCN(CC)c1nc(C)ncc1C#N. The Bertz CT molecular complexity index is 350. The maximum absolute atomic E-state index is 8.89. The van der Waals surface area contributed by atoms with E-state index in [9.17, 15) is 0 Å². The van der Waals surface area contributed by atoms with E-state index in [1.54, 1.807) is 6.20 Å². The van der Waals surface area contributed by atoms with Crippen molar-refractivity contribution in [3.63, 3.8) is 0 Å². The maximum Gasteiger partial charge on any atom is 0.150 e. The minimum atomic E-state index is 0.541. The second-order valence-corrected chi connectivity index (χ2v) is 2.94. The molecule has 1 aromatic rings. The molecular weight excluding hydrogens is 176 g/mol. The molecule has 0 unspecified atom stereocenters. The molecule has 14 heavy (non-hydrogen) atoms. The number of rotatable bonds is 3. The Morgan fingerprint density at radius 3 is 2.57 bits per heavy atom. The van der Waals surface area contributed by atoms with Crippen molar-refractivity contribution in [3.8, 4) is 6.07 Å². The van der Waals surface area contributed by atoms with Gasteiger partial charge < -0.3 is 4.90 Å². The maximum atomic E-state index is 8.89. The van der Waals surface area contributed by atoms with Crippen LogP contribution in [0.4, 0.5) is 5.82 Å². The van der Waals surface area contributed by atoms with Gasteiger partial charge in [0.05, 0.1) is 6.20 Å². The third-order valence-electron chi connectivity index (χ3n) is 2.07. The molecule has 0 bridgehead atoms. The first-order chi connectivity index (χ1) is 6.72. The van der Waals surface area contributed by atoms with Crippen LogP contribution in [0.3, 0.4) is 0 Å². The number of nitrogens with zero attached hydrogens (tertiary/aromatic N) is 4. The van der Waals surface area contributed by atoms with Crippen LogP contribution in [-0.4, -0.2) is 23.1 Å². The van der Waals surface area contributed by atoms with Gasteiger partial charge in [-0.2, -0.15) is 5.26 Å². The summed E-state index contributed by atoms with van der Waals surface area (Å²) in [5.74, 6) is 1.44. The Balaban J connectivity index is 3.16. The second kappa shape index (κ2) is 4.56. The van der Waals surface area contributed by atoms with Crippen molar-refractivity contribution in [2.75, 3.05) is 18.0 Å². The Morgan fingerprint density at radius 1 is 1.43 bits per heavy atom. The van der Waals surface area contributed by atoms with E-state index in [2.05, 4.69) is 16.0 Å². The highest BCUT2D eigenvalue weighted by Crippen LogP contribution is 2.15. The molecule has 0 radical (unpaired) electrons. The van der Waals surface area contributed by atoms with Gasteiger partial charge in [0, 0.05) is 13.1 Å². The van der Waals surface area contributed by atoms with Crippen LogP contribution in [0.15, 0.2) is 6.20 Å². The van der Waals surface area contributed by atoms with E-state index in [0.29, 0.717) is 11.4 Å². The number of nitriles is 1. The lowest BCUT2D eigenvalue weighted by atomic mass is 10.3. The second-order valence-electron chi connectivity index (χ2n) is 2.94. The van der Waals surface area contributed by atoms with Gasteiger partial charge in [-0.05, 0) is 20.8 Å². The summed E-state index contributed by atoms with van der Waals surface area (Å²) in [4.78, 5) is 10.3. The molecule has 0 N–H and O–H groups in total. The first kappa shape index (κ1) is 10.5.